The van der Waals surface area contributed by atoms with E-state index in [-0.39, 0.29) is 90.7 Å². The maximum atomic E-state index is 15.7. The van der Waals surface area contributed by atoms with Crippen molar-refractivity contribution in [1.82, 2.24) is 30.7 Å². The van der Waals surface area contributed by atoms with Gasteiger partial charge in [0.25, 0.3) is 5.91 Å². The van der Waals surface area contributed by atoms with Crippen molar-refractivity contribution >= 4 is 52.4 Å². The van der Waals surface area contributed by atoms with Crippen LogP contribution in [0.2, 0.25) is 0 Å². The molecule has 5 aromatic carbocycles. The number of morpholine rings is 1. The van der Waals surface area contributed by atoms with E-state index in [1.54, 1.807) is 67.4 Å². The molecule has 0 aromatic heterocycles. The number of likely N-dealkylation sites (N-methyl/N-ethyl adjacent to an activating group) is 1. The number of carbonyl (C=O) groups excluding carboxylic acids is 6. The summed E-state index contributed by atoms with van der Waals surface area (Å²) in [6.07, 6.45) is 1.48. The third-order valence-electron chi connectivity index (χ3n) is 17.3. The number of nitrogens with one attached hydrogen (secondary N) is 5. The Morgan fingerprint density at radius 1 is 0.819 bits per heavy atom. The van der Waals surface area contributed by atoms with Crippen LogP contribution in [0, 0.1) is 17.6 Å². The standard InChI is InChI=1S/C64H75F2N9O8/c1-39-33-73(50(32-68-39)35-72-24-27-83-37-40(72)2)36-57(77)75-38-64(4,52-20-14-44(29-55(52)75)28-42-10-16-48(65)17-11-42)63(81)69-49-18-12-43(13-19-49)30-56(76)46-15-21-53(66)54(31-46)70-61(79)59-51-9-7-6-8-47(51)34-74(59)62(80)58(45-22-25-82-26-23-45)71-60(78)41(3)67-5/h6-21,29,31,39-41,45,50,58-59,67-68H,22-28,30,32-38H2,1-5H3,(H,69,81)(H,70,79)(H,71,78)/t39-,40-,41+,50-,58+,59+,64?/m1/s1. The summed E-state index contributed by atoms with van der Waals surface area (Å²) >= 11 is 0. The average molecular weight is 1140 g/mol. The van der Waals surface area contributed by atoms with Crippen molar-refractivity contribution in [2.45, 2.75) is 102 Å². The zero-order valence-electron chi connectivity index (χ0n) is 47.9. The van der Waals surface area contributed by atoms with Gasteiger partial charge in [-0.2, -0.15) is 0 Å². The van der Waals surface area contributed by atoms with E-state index in [9.17, 15) is 33.2 Å². The minimum atomic E-state index is -1.16. The van der Waals surface area contributed by atoms with Crippen LogP contribution in [0.1, 0.15) is 90.3 Å². The lowest BCUT2D eigenvalue weighted by molar-refractivity contribution is -0.144. The molecule has 5 N–H and O–H groups in total. The van der Waals surface area contributed by atoms with Crippen LogP contribution in [0.5, 0.6) is 0 Å². The Hall–Kier alpha value is -7.26. The first-order valence-electron chi connectivity index (χ1n) is 28.9. The Morgan fingerprint density at radius 3 is 2.30 bits per heavy atom. The maximum absolute atomic E-state index is 15.7. The summed E-state index contributed by atoms with van der Waals surface area (Å²) in [7, 11) is 1.65. The molecule has 438 valence electrons. The number of ether oxygens (including phenoxy) is 2. The predicted molar refractivity (Wildman–Crippen MR) is 312 cm³/mol. The minimum absolute atomic E-state index is 0.0844. The molecule has 5 aliphatic rings. The van der Waals surface area contributed by atoms with E-state index in [1.165, 1.54) is 29.2 Å². The molecule has 0 saturated carbocycles. The van der Waals surface area contributed by atoms with Gasteiger partial charge in [0.1, 0.15) is 23.7 Å². The number of amides is 5. The van der Waals surface area contributed by atoms with Gasteiger partial charge in [-0.25, -0.2) is 8.78 Å². The number of hydrogen-bond donors (Lipinski definition) is 5. The number of anilines is 3. The SMILES string of the molecule is CN[C@@H](C)C(=O)N[C@H](C(=O)N1Cc2ccccc2[C@H]1C(=O)Nc1cc(C(=O)Cc2ccc(NC(=O)C3(C)CN(C(=O)CN4C[C@@H](C)NC[C@@H]4CN4CCOC[C@H]4C)c4cc(Cc5ccc(F)cc5)ccc43)cc2)ccc1F)C1CCOCC1. The maximum Gasteiger partial charge on any atom is 0.251 e. The van der Waals surface area contributed by atoms with Gasteiger partial charge in [-0.15, -0.1) is 0 Å². The first-order chi connectivity index (χ1) is 40.0. The number of ketones is 1. The van der Waals surface area contributed by atoms with Crippen LogP contribution in [0.15, 0.2) is 109 Å². The number of halogens is 2. The zero-order chi connectivity index (χ0) is 58.5. The Morgan fingerprint density at radius 2 is 1.55 bits per heavy atom. The van der Waals surface area contributed by atoms with Crippen LogP contribution < -0.4 is 31.5 Å². The second kappa shape index (κ2) is 25.7. The summed E-state index contributed by atoms with van der Waals surface area (Å²) in [5.41, 5.74) is 4.31. The summed E-state index contributed by atoms with van der Waals surface area (Å²) in [6, 6.07) is 27.8. The number of Topliss-reactive ketones (excluding diaryl/α,β-unsaturated/α-hetero) is 1. The summed E-state index contributed by atoms with van der Waals surface area (Å²) in [4.78, 5) is 93.5. The molecule has 5 aliphatic heterocycles. The third kappa shape index (κ3) is 13.3. The van der Waals surface area contributed by atoms with Crippen molar-refractivity contribution in [3.05, 3.63) is 160 Å². The first-order valence-corrected chi connectivity index (χ1v) is 28.9. The van der Waals surface area contributed by atoms with Crippen LogP contribution in [0.4, 0.5) is 25.8 Å². The topological polar surface area (TPSA) is 194 Å². The molecule has 17 nitrogen and oxygen atoms in total. The van der Waals surface area contributed by atoms with E-state index in [2.05, 4.69) is 50.2 Å². The Kier molecular flexibility index (Phi) is 18.2. The molecule has 0 aliphatic carbocycles. The number of fused-ring (bicyclic) bond motifs is 2. The molecule has 3 saturated heterocycles. The lowest BCUT2D eigenvalue weighted by Gasteiger charge is -2.43. The van der Waals surface area contributed by atoms with Gasteiger partial charge in [0.15, 0.2) is 5.78 Å². The fraction of sp³-hybridized carbons (Fsp3) is 0.438. The highest BCUT2D eigenvalue weighted by Gasteiger charge is 2.48. The number of piperazine rings is 1. The normalized spacial score (nSPS) is 22.7. The van der Waals surface area contributed by atoms with Gasteiger partial charge in [0.2, 0.25) is 23.6 Å². The van der Waals surface area contributed by atoms with Gasteiger partial charge in [0, 0.05) is 94.0 Å². The summed E-state index contributed by atoms with van der Waals surface area (Å²) in [6.45, 7) is 13.4. The highest BCUT2D eigenvalue weighted by Crippen LogP contribution is 2.43. The highest BCUT2D eigenvalue weighted by molar-refractivity contribution is 6.07. The number of rotatable bonds is 18. The molecule has 7 atom stereocenters. The first kappa shape index (κ1) is 58.9. The molecule has 5 aromatic rings. The molecule has 5 amide bonds. The van der Waals surface area contributed by atoms with E-state index in [1.807, 2.05) is 37.3 Å². The van der Waals surface area contributed by atoms with Crippen molar-refractivity contribution in [3.8, 4) is 0 Å². The number of benzene rings is 5. The molecule has 5 heterocycles. The van der Waals surface area contributed by atoms with Gasteiger partial charge in [-0.3, -0.25) is 38.6 Å². The molecular weight excluding hydrogens is 1060 g/mol. The van der Waals surface area contributed by atoms with E-state index in [4.69, 9.17) is 9.47 Å². The van der Waals surface area contributed by atoms with E-state index in [0.717, 1.165) is 42.4 Å². The molecule has 0 radical (unpaired) electrons. The number of carbonyl (C=O) groups is 6. The van der Waals surface area contributed by atoms with Crippen molar-refractivity contribution in [2.75, 3.05) is 88.3 Å². The Bertz CT molecular complexity index is 3210. The van der Waals surface area contributed by atoms with E-state index in [0.29, 0.717) is 80.3 Å². The highest BCUT2D eigenvalue weighted by atomic mass is 19.1. The number of hydrogen-bond acceptors (Lipinski definition) is 12. The van der Waals surface area contributed by atoms with Crippen molar-refractivity contribution in [3.63, 3.8) is 0 Å². The van der Waals surface area contributed by atoms with E-state index >= 15 is 4.39 Å². The molecule has 83 heavy (non-hydrogen) atoms. The van der Waals surface area contributed by atoms with Gasteiger partial charge in [-0.1, -0.05) is 60.7 Å². The molecule has 10 rings (SSSR count). The molecule has 3 fully saturated rings. The van der Waals surface area contributed by atoms with Crippen LogP contribution in [0.25, 0.3) is 0 Å². The molecule has 1 unspecified atom stereocenters. The fourth-order valence-corrected chi connectivity index (χ4v) is 12.2. The van der Waals surface area contributed by atoms with Crippen molar-refractivity contribution in [2.24, 2.45) is 5.92 Å². The van der Waals surface area contributed by atoms with Crippen LogP contribution in [-0.2, 0) is 58.2 Å². The summed E-state index contributed by atoms with van der Waals surface area (Å²) < 4.78 is 40.8. The zero-order valence-corrected chi connectivity index (χ0v) is 47.9. The minimum Gasteiger partial charge on any atom is -0.381 e. The lowest BCUT2D eigenvalue weighted by atomic mass is 9.83. The summed E-state index contributed by atoms with van der Waals surface area (Å²) in [5, 5.41) is 15.2. The fourth-order valence-electron chi connectivity index (χ4n) is 12.2. The van der Waals surface area contributed by atoms with Crippen molar-refractivity contribution < 1.29 is 47.0 Å². The second-order valence-corrected chi connectivity index (χ2v) is 23.2. The quantitative estimate of drug-likeness (QED) is 0.0630. The van der Waals surface area contributed by atoms with Gasteiger partial charge in [-0.05, 0) is 142 Å². The van der Waals surface area contributed by atoms with E-state index < -0.39 is 41.2 Å². The molecule has 0 spiro atoms. The van der Waals surface area contributed by atoms with Crippen LogP contribution in [0.3, 0.4) is 0 Å². The van der Waals surface area contributed by atoms with Gasteiger partial charge >= 0.3 is 0 Å². The van der Waals surface area contributed by atoms with Gasteiger partial charge in [0.05, 0.1) is 36.9 Å². The lowest BCUT2D eigenvalue weighted by Crippen LogP contribution is -2.62. The average Bonchev–Trinajstić information content (AvgIpc) is 2.81. The summed E-state index contributed by atoms with van der Waals surface area (Å²) in [5.74, 6) is -3.62. The van der Waals surface area contributed by atoms with Crippen molar-refractivity contribution in [1.29, 1.82) is 0 Å². The smallest absolute Gasteiger partial charge is 0.251 e. The Balaban J connectivity index is 0.822. The van der Waals surface area contributed by atoms with Gasteiger partial charge < -0.3 is 45.9 Å². The predicted octanol–water partition coefficient (Wildman–Crippen LogP) is 6.15. The number of nitrogens with zero attached hydrogens (tertiary/aromatic N) is 4. The largest absolute Gasteiger partial charge is 0.381 e. The Labute approximate surface area is 483 Å². The molecule has 0 bridgehead atoms. The second-order valence-electron chi connectivity index (χ2n) is 23.2. The monoisotopic (exact) mass is 1140 g/mol. The molecular formula is C64H75F2N9O8. The third-order valence-corrected chi connectivity index (χ3v) is 17.3. The van der Waals surface area contributed by atoms with Crippen LogP contribution >= 0.6 is 0 Å². The van der Waals surface area contributed by atoms with Crippen LogP contribution in [-0.4, -0.2) is 153 Å². The molecule has 19 heteroatoms.